The van der Waals surface area contributed by atoms with E-state index in [1.165, 1.54) is 25.7 Å². The lowest BCUT2D eigenvalue weighted by Gasteiger charge is -2.38. The maximum atomic E-state index is 6.23. The molecule has 1 atom stereocenters. The maximum absolute atomic E-state index is 6.23. The highest BCUT2D eigenvalue weighted by atomic mass is 35.5. The summed E-state index contributed by atoms with van der Waals surface area (Å²) in [6.07, 6.45) is 8.49. The number of likely N-dealkylation sites (tertiary alicyclic amines) is 1. The van der Waals surface area contributed by atoms with E-state index in [4.69, 9.17) is 16.6 Å². The van der Waals surface area contributed by atoms with Crippen LogP contribution in [-0.4, -0.2) is 46.0 Å². The average Bonchev–Trinajstić information content (AvgIpc) is 3.49. The molecule has 1 unspecified atom stereocenters. The van der Waals surface area contributed by atoms with E-state index in [0.29, 0.717) is 17.1 Å². The number of anilines is 1. The molecule has 5 nitrogen and oxygen atoms in total. The molecule has 2 fully saturated rings. The van der Waals surface area contributed by atoms with E-state index < -0.39 is 0 Å². The molecule has 0 N–H and O–H groups in total. The standard InChI is InChI=1S/C19H24ClN5/c1-24(17-8-10-22-19(23-17)14-6-7-14)16-5-3-11-25(13-16)12-15-4-2-9-21-18(15)20/h2,4,8-10,14,16H,3,5-7,11-13H2,1H3. The highest BCUT2D eigenvalue weighted by molar-refractivity contribution is 6.30. The van der Waals surface area contributed by atoms with Gasteiger partial charge in [0, 0.05) is 50.1 Å². The molecule has 25 heavy (non-hydrogen) atoms. The summed E-state index contributed by atoms with van der Waals surface area (Å²) >= 11 is 6.23. The van der Waals surface area contributed by atoms with Crippen molar-refractivity contribution in [2.24, 2.45) is 0 Å². The molecule has 2 aromatic rings. The molecule has 3 heterocycles. The molecule has 0 aromatic carbocycles. The zero-order valence-electron chi connectivity index (χ0n) is 14.6. The first-order chi connectivity index (χ1) is 12.2. The number of piperidine rings is 1. The van der Waals surface area contributed by atoms with Crippen LogP contribution in [0.2, 0.25) is 5.15 Å². The SMILES string of the molecule is CN(c1ccnc(C2CC2)n1)C1CCCN(Cc2cccnc2Cl)C1. The maximum Gasteiger partial charge on any atom is 0.133 e. The number of hydrogen-bond acceptors (Lipinski definition) is 5. The fraction of sp³-hybridized carbons (Fsp3) is 0.526. The Morgan fingerprint density at radius 3 is 2.88 bits per heavy atom. The fourth-order valence-electron chi connectivity index (χ4n) is 3.55. The first-order valence-electron chi connectivity index (χ1n) is 9.08. The molecule has 1 aliphatic heterocycles. The van der Waals surface area contributed by atoms with Gasteiger partial charge in [-0.25, -0.2) is 15.0 Å². The van der Waals surface area contributed by atoms with Gasteiger partial charge >= 0.3 is 0 Å². The lowest BCUT2D eigenvalue weighted by atomic mass is 10.0. The molecule has 0 spiro atoms. The van der Waals surface area contributed by atoms with Gasteiger partial charge in [-0.3, -0.25) is 4.90 Å². The van der Waals surface area contributed by atoms with E-state index >= 15 is 0 Å². The molecule has 4 rings (SSSR count). The third-order valence-electron chi connectivity index (χ3n) is 5.22. The smallest absolute Gasteiger partial charge is 0.133 e. The van der Waals surface area contributed by atoms with E-state index in [-0.39, 0.29) is 0 Å². The van der Waals surface area contributed by atoms with Gasteiger partial charge in [-0.2, -0.15) is 0 Å². The van der Waals surface area contributed by atoms with Gasteiger partial charge in [0.05, 0.1) is 0 Å². The largest absolute Gasteiger partial charge is 0.355 e. The van der Waals surface area contributed by atoms with Gasteiger partial charge in [0.1, 0.15) is 16.8 Å². The van der Waals surface area contributed by atoms with E-state index in [1.54, 1.807) is 6.20 Å². The first-order valence-corrected chi connectivity index (χ1v) is 9.46. The average molecular weight is 358 g/mol. The molecular weight excluding hydrogens is 334 g/mol. The number of likely N-dealkylation sites (N-methyl/N-ethyl adjacent to an activating group) is 1. The fourth-order valence-corrected chi connectivity index (χ4v) is 3.73. The van der Waals surface area contributed by atoms with Gasteiger partial charge in [0.25, 0.3) is 0 Å². The minimum atomic E-state index is 0.464. The van der Waals surface area contributed by atoms with Crippen LogP contribution < -0.4 is 4.90 Å². The summed E-state index contributed by atoms with van der Waals surface area (Å²) in [5.74, 6) is 2.64. The Kier molecular flexibility index (Phi) is 4.86. The van der Waals surface area contributed by atoms with Crippen LogP contribution in [0.25, 0.3) is 0 Å². The molecule has 2 aromatic heterocycles. The van der Waals surface area contributed by atoms with Crippen LogP contribution >= 0.6 is 11.6 Å². The Morgan fingerprint density at radius 2 is 2.08 bits per heavy atom. The molecule has 0 bridgehead atoms. The summed E-state index contributed by atoms with van der Waals surface area (Å²) < 4.78 is 0. The molecule has 1 aliphatic carbocycles. The van der Waals surface area contributed by atoms with Gasteiger partial charge in [0.15, 0.2) is 0 Å². The van der Waals surface area contributed by atoms with Crippen molar-refractivity contribution in [2.45, 2.75) is 44.2 Å². The van der Waals surface area contributed by atoms with Crippen molar-refractivity contribution >= 4 is 17.4 Å². The van der Waals surface area contributed by atoms with Gasteiger partial charge in [-0.1, -0.05) is 17.7 Å². The summed E-state index contributed by atoms with van der Waals surface area (Å²) in [6.45, 7) is 2.98. The lowest BCUT2D eigenvalue weighted by Crippen LogP contribution is -2.46. The van der Waals surface area contributed by atoms with Gasteiger partial charge in [-0.05, 0) is 44.4 Å². The Labute approximate surface area is 154 Å². The quantitative estimate of drug-likeness (QED) is 0.766. The molecule has 6 heteroatoms. The summed E-state index contributed by atoms with van der Waals surface area (Å²) in [4.78, 5) is 18.2. The van der Waals surface area contributed by atoms with E-state index in [2.05, 4.69) is 32.9 Å². The molecule has 0 radical (unpaired) electrons. The van der Waals surface area contributed by atoms with E-state index in [1.807, 2.05) is 18.3 Å². The molecular formula is C19H24ClN5. The zero-order valence-corrected chi connectivity index (χ0v) is 15.4. The Hall–Kier alpha value is -1.72. The van der Waals surface area contributed by atoms with Crippen molar-refractivity contribution in [3.63, 3.8) is 0 Å². The number of aromatic nitrogens is 3. The predicted molar refractivity (Wildman–Crippen MR) is 100.0 cm³/mol. The molecule has 2 aliphatic rings. The van der Waals surface area contributed by atoms with Gasteiger partial charge in [-0.15, -0.1) is 0 Å². The third kappa shape index (κ3) is 3.93. The Bertz CT molecular complexity index is 733. The van der Waals surface area contributed by atoms with Crippen LogP contribution in [0.4, 0.5) is 5.82 Å². The first kappa shape index (κ1) is 16.7. The highest BCUT2D eigenvalue weighted by Crippen LogP contribution is 2.38. The van der Waals surface area contributed by atoms with Crippen molar-refractivity contribution in [2.75, 3.05) is 25.0 Å². The third-order valence-corrected chi connectivity index (χ3v) is 5.56. The summed E-state index contributed by atoms with van der Waals surface area (Å²) in [7, 11) is 2.16. The van der Waals surface area contributed by atoms with Crippen molar-refractivity contribution in [1.82, 2.24) is 19.9 Å². The second kappa shape index (κ2) is 7.26. The molecule has 132 valence electrons. The zero-order chi connectivity index (χ0) is 17.2. The van der Waals surface area contributed by atoms with Gasteiger partial charge < -0.3 is 4.90 Å². The number of nitrogens with zero attached hydrogens (tertiary/aromatic N) is 5. The summed E-state index contributed by atoms with van der Waals surface area (Å²) in [6, 6.07) is 6.51. The predicted octanol–water partition coefficient (Wildman–Crippen LogP) is 3.50. The Morgan fingerprint density at radius 1 is 1.20 bits per heavy atom. The van der Waals surface area contributed by atoms with Crippen LogP contribution in [0.1, 0.15) is 43.0 Å². The lowest BCUT2D eigenvalue weighted by molar-refractivity contribution is 0.198. The van der Waals surface area contributed by atoms with Gasteiger partial charge in [0.2, 0.25) is 0 Å². The minimum Gasteiger partial charge on any atom is -0.355 e. The summed E-state index contributed by atoms with van der Waals surface area (Å²) in [5, 5.41) is 0.614. The van der Waals surface area contributed by atoms with Crippen LogP contribution in [0.3, 0.4) is 0 Å². The van der Waals surface area contributed by atoms with E-state index in [9.17, 15) is 0 Å². The van der Waals surface area contributed by atoms with Crippen LogP contribution in [0, 0.1) is 0 Å². The van der Waals surface area contributed by atoms with Crippen molar-refractivity contribution < 1.29 is 0 Å². The minimum absolute atomic E-state index is 0.464. The monoisotopic (exact) mass is 357 g/mol. The number of hydrogen-bond donors (Lipinski definition) is 0. The summed E-state index contributed by atoms with van der Waals surface area (Å²) in [5.41, 5.74) is 1.10. The van der Waals surface area contributed by atoms with E-state index in [0.717, 1.165) is 36.8 Å². The van der Waals surface area contributed by atoms with Crippen LogP contribution in [0.15, 0.2) is 30.6 Å². The number of pyridine rings is 1. The highest BCUT2D eigenvalue weighted by Gasteiger charge is 2.28. The van der Waals surface area contributed by atoms with Crippen molar-refractivity contribution in [1.29, 1.82) is 0 Å². The van der Waals surface area contributed by atoms with Crippen LogP contribution in [-0.2, 0) is 6.54 Å². The molecule has 0 amide bonds. The number of rotatable bonds is 5. The normalized spacial score (nSPS) is 21.3. The molecule has 1 saturated carbocycles. The second-order valence-electron chi connectivity index (χ2n) is 7.14. The van der Waals surface area contributed by atoms with Crippen molar-refractivity contribution in [3.8, 4) is 0 Å². The van der Waals surface area contributed by atoms with Crippen molar-refractivity contribution in [3.05, 3.63) is 47.1 Å². The second-order valence-corrected chi connectivity index (χ2v) is 7.50. The molecule has 1 saturated heterocycles. The van der Waals surface area contributed by atoms with Crippen LogP contribution in [0.5, 0.6) is 0 Å². The topological polar surface area (TPSA) is 45.2 Å². The Balaban J connectivity index is 1.43. The number of halogens is 1.